The molecular formula is C15H14N4O2. The minimum Gasteiger partial charge on any atom is -0.493 e. The molecule has 0 atom stereocenters. The average Bonchev–Trinajstić information content (AvgIpc) is 2.55. The maximum Gasteiger partial charge on any atom is 0.162 e. The molecule has 0 unspecified atom stereocenters. The number of hydrogen-bond acceptors (Lipinski definition) is 6. The molecule has 0 aliphatic heterocycles. The highest BCUT2D eigenvalue weighted by Crippen LogP contribution is 2.34. The van der Waals surface area contributed by atoms with Crippen molar-refractivity contribution in [1.29, 1.82) is 0 Å². The van der Waals surface area contributed by atoms with Gasteiger partial charge in [-0.3, -0.25) is 4.98 Å². The zero-order valence-electron chi connectivity index (χ0n) is 11.7. The third-order valence-electron chi connectivity index (χ3n) is 3.08. The standard InChI is InChI=1S/C15H14N4O2/c1-20-13-7-11-12(8-14(13)21-2)17-9-18-15(11)19-10-3-5-16-6-4-10/h3-9H,1-2H3,(H,16,17,18,19). The van der Waals surface area contributed by atoms with Gasteiger partial charge in [0.2, 0.25) is 0 Å². The van der Waals surface area contributed by atoms with Gasteiger partial charge in [0.15, 0.2) is 11.5 Å². The average molecular weight is 282 g/mol. The second-order valence-electron chi connectivity index (χ2n) is 4.31. The number of anilines is 2. The zero-order chi connectivity index (χ0) is 14.7. The van der Waals surface area contributed by atoms with Gasteiger partial charge in [0.1, 0.15) is 12.1 Å². The Kier molecular flexibility index (Phi) is 3.51. The predicted octanol–water partition coefficient (Wildman–Crippen LogP) is 2.79. The van der Waals surface area contributed by atoms with Crippen molar-refractivity contribution in [3.05, 3.63) is 43.0 Å². The summed E-state index contributed by atoms with van der Waals surface area (Å²) in [5.74, 6) is 1.98. The van der Waals surface area contributed by atoms with Gasteiger partial charge in [-0.25, -0.2) is 9.97 Å². The first kappa shape index (κ1) is 13.1. The van der Waals surface area contributed by atoms with Gasteiger partial charge in [0, 0.05) is 29.5 Å². The lowest BCUT2D eigenvalue weighted by molar-refractivity contribution is 0.356. The van der Waals surface area contributed by atoms with Gasteiger partial charge < -0.3 is 14.8 Å². The van der Waals surface area contributed by atoms with Crippen molar-refractivity contribution in [1.82, 2.24) is 15.0 Å². The summed E-state index contributed by atoms with van der Waals surface area (Å²) in [5.41, 5.74) is 1.68. The Labute approximate surface area is 121 Å². The Balaban J connectivity index is 2.10. The van der Waals surface area contributed by atoms with Crippen LogP contribution in [0.15, 0.2) is 43.0 Å². The lowest BCUT2D eigenvalue weighted by Crippen LogP contribution is -1.98. The van der Waals surface area contributed by atoms with Crippen molar-refractivity contribution in [2.24, 2.45) is 0 Å². The highest BCUT2D eigenvalue weighted by Gasteiger charge is 2.10. The van der Waals surface area contributed by atoms with Crippen LogP contribution in [0, 0.1) is 0 Å². The van der Waals surface area contributed by atoms with Crippen LogP contribution in [-0.4, -0.2) is 29.2 Å². The molecule has 6 heteroatoms. The van der Waals surface area contributed by atoms with Crippen molar-refractivity contribution in [2.45, 2.75) is 0 Å². The van der Waals surface area contributed by atoms with Crippen LogP contribution in [-0.2, 0) is 0 Å². The molecule has 3 aromatic rings. The number of benzene rings is 1. The van der Waals surface area contributed by atoms with Crippen molar-refractivity contribution in [3.63, 3.8) is 0 Å². The summed E-state index contributed by atoms with van der Waals surface area (Å²) in [6.45, 7) is 0. The number of hydrogen-bond donors (Lipinski definition) is 1. The van der Waals surface area contributed by atoms with E-state index < -0.39 is 0 Å². The molecule has 21 heavy (non-hydrogen) atoms. The largest absolute Gasteiger partial charge is 0.493 e. The smallest absolute Gasteiger partial charge is 0.162 e. The molecule has 0 aliphatic carbocycles. The van der Waals surface area contributed by atoms with Gasteiger partial charge in [-0.15, -0.1) is 0 Å². The molecule has 0 aliphatic rings. The molecule has 1 N–H and O–H groups in total. The number of ether oxygens (including phenoxy) is 2. The molecule has 2 heterocycles. The topological polar surface area (TPSA) is 69.2 Å². The van der Waals surface area contributed by atoms with E-state index in [2.05, 4.69) is 20.3 Å². The van der Waals surface area contributed by atoms with Gasteiger partial charge in [-0.1, -0.05) is 0 Å². The maximum absolute atomic E-state index is 5.33. The Bertz CT molecular complexity index is 762. The zero-order valence-corrected chi connectivity index (χ0v) is 11.7. The van der Waals surface area contributed by atoms with Crippen LogP contribution in [0.3, 0.4) is 0 Å². The van der Waals surface area contributed by atoms with Crippen LogP contribution in [0.2, 0.25) is 0 Å². The number of methoxy groups -OCH3 is 2. The van der Waals surface area contributed by atoms with Gasteiger partial charge in [0.05, 0.1) is 19.7 Å². The summed E-state index contributed by atoms with van der Waals surface area (Å²) < 4.78 is 10.6. The second-order valence-corrected chi connectivity index (χ2v) is 4.31. The summed E-state index contributed by atoms with van der Waals surface area (Å²) in [6.07, 6.45) is 4.95. The van der Waals surface area contributed by atoms with Crippen LogP contribution < -0.4 is 14.8 Å². The highest BCUT2D eigenvalue weighted by molar-refractivity contribution is 5.92. The van der Waals surface area contributed by atoms with E-state index in [0.29, 0.717) is 17.3 Å². The summed E-state index contributed by atoms with van der Waals surface area (Å²) in [6, 6.07) is 7.43. The molecule has 6 nitrogen and oxygen atoms in total. The molecule has 0 amide bonds. The lowest BCUT2D eigenvalue weighted by Gasteiger charge is -2.11. The predicted molar refractivity (Wildman–Crippen MR) is 80.2 cm³/mol. The molecule has 0 fully saturated rings. The molecule has 1 aromatic carbocycles. The van der Waals surface area contributed by atoms with Crippen molar-refractivity contribution < 1.29 is 9.47 Å². The van der Waals surface area contributed by atoms with E-state index in [9.17, 15) is 0 Å². The first-order valence-electron chi connectivity index (χ1n) is 6.35. The molecule has 0 bridgehead atoms. The minimum atomic E-state index is 0.637. The normalized spacial score (nSPS) is 10.4. The Morgan fingerprint density at radius 2 is 1.67 bits per heavy atom. The van der Waals surface area contributed by atoms with Crippen molar-refractivity contribution in [3.8, 4) is 11.5 Å². The fraction of sp³-hybridized carbons (Fsp3) is 0.133. The quantitative estimate of drug-likeness (QED) is 0.793. The van der Waals surface area contributed by atoms with E-state index in [1.165, 1.54) is 6.33 Å². The number of nitrogens with zero attached hydrogens (tertiary/aromatic N) is 3. The SMILES string of the molecule is COc1cc2ncnc(Nc3ccncc3)c2cc1OC. The number of rotatable bonds is 4. The molecule has 0 saturated carbocycles. The number of nitrogens with one attached hydrogen (secondary N) is 1. The van der Waals surface area contributed by atoms with E-state index in [1.54, 1.807) is 26.6 Å². The monoisotopic (exact) mass is 282 g/mol. The molecule has 106 valence electrons. The van der Waals surface area contributed by atoms with Gasteiger partial charge >= 0.3 is 0 Å². The Hall–Kier alpha value is -2.89. The lowest BCUT2D eigenvalue weighted by atomic mass is 10.2. The van der Waals surface area contributed by atoms with E-state index >= 15 is 0 Å². The van der Waals surface area contributed by atoms with Crippen LogP contribution in [0.5, 0.6) is 11.5 Å². The number of aromatic nitrogens is 3. The van der Waals surface area contributed by atoms with Crippen LogP contribution in [0.4, 0.5) is 11.5 Å². The first-order chi connectivity index (χ1) is 10.3. The Morgan fingerprint density at radius 3 is 2.38 bits per heavy atom. The molecule has 3 rings (SSSR count). The van der Waals surface area contributed by atoms with E-state index in [4.69, 9.17) is 9.47 Å². The summed E-state index contributed by atoms with van der Waals surface area (Å²) in [7, 11) is 3.20. The van der Waals surface area contributed by atoms with E-state index in [1.807, 2.05) is 24.3 Å². The van der Waals surface area contributed by atoms with Crippen molar-refractivity contribution >= 4 is 22.4 Å². The van der Waals surface area contributed by atoms with Crippen LogP contribution in [0.1, 0.15) is 0 Å². The third-order valence-corrected chi connectivity index (χ3v) is 3.08. The Morgan fingerprint density at radius 1 is 0.952 bits per heavy atom. The minimum absolute atomic E-state index is 0.637. The van der Waals surface area contributed by atoms with Crippen LogP contribution >= 0.6 is 0 Å². The van der Waals surface area contributed by atoms with Gasteiger partial charge in [-0.05, 0) is 18.2 Å². The molecule has 0 spiro atoms. The molecule has 0 radical (unpaired) electrons. The van der Waals surface area contributed by atoms with Crippen LogP contribution in [0.25, 0.3) is 10.9 Å². The number of fused-ring (bicyclic) bond motifs is 1. The molecule has 0 saturated heterocycles. The fourth-order valence-electron chi connectivity index (χ4n) is 2.05. The van der Waals surface area contributed by atoms with E-state index in [0.717, 1.165) is 16.6 Å². The molecule has 2 aromatic heterocycles. The highest BCUT2D eigenvalue weighted by atomic mass is 16.5. The maximum atomic E-state index is 5.33. The first-order valence-corrected chi connectivity index (χ1v) is 6.35. The summed E-state index contributed by atoms with van der Waals surface area (Å²) in [5, 5.41) is 4.10. The summed E-state index contributed by atoms with van der Waals surface area (Å²) in [4.78, 5) is 12.6. The van der Waals surface area contributed by atoms with E-state index in [-0.39, 0.29) is 0 Å². The van der Waals surface area contributed by atoms with Gasteiger partial charge in [-0.2, -0.15) is 0 Å². The summed E-state index contributed by atoms with van der Waals surface area (Å²) >= 11 is 0. The van der Waals surface area contributed by atoms with Gasteiger partial charge in [0.25, 0.3) is 0 Å². The second kappa shape index (κ2) is 5.62. The fourth-order valence-corrected chi connectivity index (χ4v) is 2.05. The van der Waals surface area contributed by atoms with Crippen molar-refractivity contribution in [2.75, 3.05) is 19.5 Å². The number of pyridine rings is 1. The third kappa shape index (κ3) is 2.55. The molecular weight excluding hydrogens is 268 g/mol.